The Morgan fingerprint density at radius 2 is 1.94 bits per heavy atom. The van der Waals surface area contributed by atoms with Crippen molar-refractivity contribution in [3.63, 3.8) is 0 Å². The van der Waals surface area contributed by atoms with Gasteiger partial charge in [0.25, 0.3) is 0 Å². The minimum atomic E-state index is -2.31. The number of fused-ring (bicyclic) bond motifs is 5. The van der Waals surface area contributed by atoms with E-state index < -0.39 is 76.0 Å². The highest BCUT2D eigenvalue weighted by atomic mass is 19.1. The standard InChI is InChI=1S/C27H35F3O5/c1-5-6-7-22(34)35-27(21(33)14-28)15(2)12-18-16-8-9-17-23(29)19(31)10-11-24(17,3)26(16,30)20(32)13-25(18,27)4/h10-11,15-16,18,20,32H,5-9,12-14H2,1-4H3/t15-,16+,18+,20+,24+,25+,26+,27-/m1/s1. The lowest BCUT2D eigenvalue weighted by Crippen LogP contribution is -2.70. The SMILES string of the molecule is CCCCC(=O)O[C@@]1(C(=O)CF)[C@H](C)C[C@H]2[C@@H]3CCC4=C(F)C(=O)C=C[C@]4(C)[C@@]3(F)[C@@H](O)C[C@@]21C. The van der Waals surface area contributed by atoms with Gasteiger partial charge >= 0.3 is 5.97 Å². The summed E-state index contributed by atoms with van der Waals surface area (Å²) in [7, 11) is 0. The number of hydrogen-bond donors (Lipinski definition) is 1. The third kappa shape index (κ3) is 3.20. The molecule has 0 bridgehead atoms. The number of carbonyl (C=O) groups is 3. The van der Waals surface area contributed by atoms with Crippen molar-refractivity contribution in [1.29, 1.82) is 0 Å². The molecule has 0 aliphatic heterocycles. The monoisotopic (exact) mass is 496 g/mol. The number of esters is 1. The van der Waals surface area contributed by atoms with Gasteiger partial charge in [-0.3, -0.25) is 14.4 Å². The third-order valence-electron chi connectivity index (χ3n) is 9.82. The number of unbranched alkanes of at least 4 members (excludes halogenated alkanes) is 1. The van der Waals surface area contributed by atoms with Crippen LogP contribution in [0.3, 0.4) is 0 Å². The number of carbonyl (C=O) groups excluding carboxylic acids is 3. The topological polar surface area (TPSA) is 80.7 Å². The van der Waals surface area contributed by atoms with Gasteiger partial charge in [0.05, 0.1) is 6.10 Å². The molecule has 4 aliphatic carbocycles. The molecule has 0 radical (unpaired) electrons. The first kappa shape index (κ1) is 26.1. The van der Waals surface area contributed by atoms with Gasteiger partial charge < -0.3 is 9.84 Å². The second-order valence-electron chi connectivity index (χ2n) is 11.4. The van der Waals surface area contributed by atoms with Gasteiger partial charge in [-0.25, -0.2) is 13.2 Å². The number of rotatable bonds is 6. The molecule has 1 N–H and O–H groups in total. The van der Waals surface area contributed by atoms with Gasteiger partial charge in [0.2, 0.25) is 11.6 Å². The predicted molar refractivity (Wildman–Crippen MR) is 122 cm³/mol. The summed E-state index contributed by atoms with van der Waals surface area (Å²) in [5.74, 6) is -5.17. The highest BCUT2D eigenvalue weighted by molar-refractivity contribution is 6.04. The van der Waals surface area contributed by atoms with E-state index in [1.165, 1.54) is 13.0 Å². The zero-order valence-electron chi connectivity index (χ0n) is 20.8. The van der Waals surface area contributed by atoms with E-state index in [9.17, 15) is 28.3 Å². The first-order valence-corrected chi connectivity index (χ1v) is 12.7. The molecule has 0 unspecified atom stereocenters. The fourth-order valence-corrected chi connectivity index (χ4v) is 8.13. The quantitative estimate of drug-likeness (QED) is 0.529. The molecule has 0 aromatic heterocycles. The Morgan fingerprint density at radius 1 is 1.26 bits per heavy atom. The Kier molecular flexibility index (Phi) is 6.39. The summed E-state index contributed by atoms with van der Waals surface area (Å²) in [5.41, 5.74) is -6.82. The number of allylic oxidation sites excluding steroid dienone is 4. The van der Waals surface area contributed by atoms with Crippen molar-refractivity contribution < 1.29 is 37.4 Å². The van der Waals surface area contributed by atoms with E-state index in [2.05, 4.69) is 0 Å². The lowest BCUT2D eigenvalue weighted by atomic mass is 9.44. The highest BCUT2D eigenvalue weighted by Gasteiger charge is 2.77. The van der Waals surface area contributed by atoms with Gasteiger partial charge in [-0.15, -0.1) is 0 Å². The highest BCUT2D eigenvalue weighted by Crippen LogP contribution is 2.71. The normalized spacial score (nSPS) is 44.5. The lowest BCUT2D eigenvalue weighted by Gasteiger charge is -2.62. The van der Waals surface area contributed by atoms with Crippen molar-refractivity contribution in [3.8, 4) is 0 Å². The van der Waals surface area contributed by atoms with Crippen LogP contribution in [0.1, 0.15) is 72.6 Å². The van der Waals surface area contributed by atoms with E-state index in [4.69, 9.17) is 4.74 Å². The fraction of sp³-hybridized carbons (Fsp3) is 0.741. The van der Waals surface area contributed by atoms with Crippen LogP contribution in [-0.2, 0) is 19.1 Å². The molecular weight excluding hydrogens is 461 g/mol. The Hall–Kier alpha value is -1.96. The Bertz CT molecular complexity index is 1010. The Labute approximate surface area is 204 Å². The molecule has 0 saturated heterocycles. The number of halogens is 3. The van der Waals surface area contributed by atoms with E-state index in [1.807, 2.05) is 6.92 Å². The van der Waals surface area contributed by atoms with Crippen LogP contribution in [0, 0.1) is 28.6 Å². The maximum Gasteiger partial charge on any atom is 0.306 e. The van der Waals surface area contributed by atoms with Crippen molar-refractivity contribution in [2.45, 2.75) is 90.0 Å². The van der Waals surface area contributed by atoms with Gasteiger partial charge in [0.15, 0.2) is 23.8 Å². The molecule has 5 nitrogen and oxygen atoms in total. The van der Waals surface area contributed by atoms with Crippen molar-refractivity contribution in [2.24, 2.45) is 28.6 Å². The van der Waals surface area contributed by atoms with E-state index in [0.29, 0.717) is 12.8 Å². The fourth-order valence-electron chi connectivity index (χ4n) is 8.13. The summed E-state index contributed by atoms with van der Waals surface area (Å²) in [4.78, 5) is 37.9. The van der Waals surface area contributed by atoms with E-state index >= 15 is 4.39 Å². The molecule has 0 aromatic rings. The zero-order valence-corrected chi connectivity index (χ0v) is 20.8. The van der Waals surface area contributed by atoms with Crippen LogP contribution in [0.4, 0.5) is 13.2 Å². The van der Waals surface area contributed by atoms with Gasteiger partial charge in [0, 0.05) is 29.1 Å². The van der Waals surface area contributed by atoms with Crippen LogP contribution in [0.15, 0.2) is 23.6 Å². The number of Topliss-reactive ketones (excluding diaryl/α,β-unsaturated/α-hetero) is 1. The van der Waals surface area contributed by atoms with Crippen molar-refractivity contribution >= 4 is 17.5 Å². The van der Waals surface area contributed by atoms with E-state index in [-0.39, 0.29) is 31.3 Å². The molecular formula is C27H35F3O5. The van der Waals surface area contributed by atoms with Crippen LogP contribution in [0.5, 0.6) is 0 Å². The molecule has 0 spiro atoms. The molecule has 0 heterocycles. The third-order valence-corrected chi connectivity index (χ3v) is 9.82. The maximum absolute atomic E-state index is 17.3. The van der Waals surface area contributed by atoms with Crippen LogP contribution < -0.4 is 0 Å². The molecule has 0 aromatic carbocycles. The molecule has 8 heteroatoms. The second-order valence-corrected chi connectivity index (χ2v) is 11.4. The van der Waals surface area contributed by atoms with Crippen LogP contribution in [-0.4, -0.2) is 46.7 Å². The summed E-state index contributed by atoms with van der Waals surface area (Å²) < 4.78 is 51.9. The molecule has 4 rings (SSSR count). The molecule has 0 amide bonds. The average molecular weight is 497 g/mol. The van der Waals surface area contributed by atoms with Gasteiger partial charge in [0.1, 0.15) is 0 Å². The summed E-state index contributed by atoms with van der Waals surface area (Å²) in [5, 5.41) is 11.4. The second kappa shape index (κ2) is 8.56. The number of ketones is 2. The molecule has 3 saturated carbocycles. The molecule has 35 heavy (non-hydrogen) atoms. The molecule has 8 atom stereocenters. The molecule has 3 fully saturated rings. The number of hydrogen-bond acceptors (Lipinski definition) is 5. The molecule has 4 aliphatic rings. The number of aliphatic hydroxyl groups is 1. The summed E-state index contributed by atoms with van der Waals surface area (Å²) in [6, 6.07) is 0. The zero-order chi connectivity index (χ0) is 26.0. The van der Waals surface area contributed by atoms with Crippen molar-refractivity contribution in [3.05, 3.63) is 23.6 Å². The minimum Gasteiger partial charge on any atom is -0.450 e. The first-order valence-electron chi connectivity index (χ1n) is 12.7. The van der Waals surface area contributed by atoms with E-state index in [1.54, 1.807) is 13.8 Å². The smallest absolute Gasteiger partial charge is 0.306 e. The van der Waals surface area contributed by atoms with Crippen LogP contribution in [0.25, 0.3) is 0 Å². The summed E-state index contributed by atoms with van der Waals surface area (Å²) >= 11 is 0. The maximum atomic E-state index is 17.3. The lowest BCUT2D eigenvalue weighted by molar-refractivity contribution is -0.228. The van der Waals surface area contributed by atoms with Crippen LogP contribution >= 0.6 is 0 Å². The number of alkyl halides is 2. The van der Waals surface area contributed by atoms with Gasteiger partial charge in [-0.1, -0.05) is 33.3 Å². The number of aliphatic hydroxyl groups excluding tert-OH is 1. The van der Waals surface area contributed by atoms with Crippen LogP contribution in [0.2, 0.25) is 0 Å². The van der Waals surface area contributed by atoms with E-state index in [0.717, 1.165) is 12.5 Å². The largest absolute Gasteiger partial charge is 0.450 e. The van der Waals surface area contributed by atoms with Gasteiger partial charge in [-0.2, -0.15) is 0 Å². The summed E-state index contributed by atoms with van der Waals surface area (Å²) in [6.07, 6.45) is 2.42. The Morgan fingerprint density at radius 3 is 2.57 bits per heavy atom. The predicted octanol–water partition coefficient (Wildman–Crippen LogP) is 4.91. The first-order chi connectivity index (χ1) is 16.3. The Balaban J connectivity index is 1.82. The number of ether oxygens (including phenoxy) is 1. The summed E-state index contributed by atoms with van der Waals surface area (Å²) in [6.45, 7) is 5.48. The van der Waals surface area contributed by atoms with Crippen molar-refractivity contribution in [2.75, 3.05) is 6.67 Å². The van der Waals surface area contributed by atoms with Crippen molar-refractivity contribution in [1.82, 2.24) is 0 Å². The average Bonchev–Trinajstić information content (AvgIpc) is 3.03. The molecule has 194 valence electrons. The minimum absolute atomic E-state index is 0.0505. The van der Waals surface area contributed by atoms with Gasteiger partial charge in [-0.05, 0) is 56.6 Å².